The van der Waals surface area contributed by atoms with Gasteiger partial charge in [-0.15, -0.1) is 0 Å². The number of rotatable bonds is 5. The smallest absolute Gasteiger partial charge is 0.253 e. The molecule has 1 aliphatic rings. The summed E-state index contributed by atoms with van der Waals surface area (Å²) >= 11 is 0. The summed E-state index contributed by atoms with van der Waals surface area (Å²) in [5, 5.41) is 10.9. The molecule has 15 heavy (non-hydrogen) atoms. The van der Waals surface area contributed by atoms with E-state index in [0.29, 0.717) is 0 Å². The van der Waals surface area contributed by atoms with Crippen LogP contribution in [0.5, 0.6) is 0 Å². The van der Waals surface area contributed by atoms with Crippen molar-refractivity contribution in [1.29, 1.82) is 0 Å². The monoisotopic (exact) mass is 212 g/mol. The van der Waals surface area contributed by atoms with Crippen LogP contribution in [0.2, 0.25) is 0 Å². The van der Waals surface area contributed by atoms with Gasteiger partial charge in [0, 0.05) is 31.7 Å². The lowest BCUT2D eigenvalue weighted by Crippen LogP contribution is -2.35. The Kier molecular flexibility index (Phi) is 3.99. The van der Waals surface area contributed by atoms with Crippen LogP contribution in [0.25, 0.3) is 0 Å². The maximum Gasteiger partial charge on any atom is 0.253 e. The minimum atomic E-state index is -0.394. The molecule has 0 fully saturated rings. The lowest BCUT2D eigenvalue weighted by atomic mass is 10.3. The molecule has 0 aliphatic carbocycles. The SMILES string of the molecule is O=C(CCN1C(=O)C=CC1=O)NCCO. The highest BCUT2D eigenvalue weighted by Crippen LogP contribution is 2.03. The largest absolute Gasteiger partial charge is 0.395 e. The maximum absolute atomic E-state index is 11.1. The zero-order chi connectivity index (χ0) is 11.3. The van der Waals surface area contributed by atoms with Crippen molar-refractivity contribution in [3.05, 3.63) is 12.2 Å². The zero-order valence-electron chi connectivity index (χ0n) is 8.10. The van der Waals surface area contributed by atoms with Gasteiger partial charge in [0.05, 0.1) is 6.61 Å². The second-order valence-electron chi connectivity index (χ2n) is 2.99. The highest BCUT2D eigenvalue weighted by Gasteiger charge is 2.23. The molecular formula is C9H12N2O4. The molecular weight excluding hydrogens is 200 g/mol. The Balaban J connectivity index is 2.28. The van der Waals surface area contributed by atoms with Crippen molar-refractivity contribution in [1.82, 2.24) is 10.2 Å². The third-order valence-electron chi connectivity index (χ3n) is 1.90. The Hall–Kier alpha value is -1.69. The van der Waals surface area contributed by atoms with E-state index in [1.165, 1.54) is 12.2 Å². The molecule has 0 spiro atoms. The summed E-state index contributed by atoms with van der Waals surface area (Å²) in [6.07, 6.45) is 2.40. The number of aliphatic hydroxyl groups is 1. The first kappa shape index (κ1) is 11.4. The molecule has 0 bridgehead atoms. The average molecular weight is 212 g/mol. The zero-order valence-corrected chi connectivity index (χ0v) is 8.10. The molecule has 6 nitrogen and oxygen atoms in total. The lowest BCUT2D eigenvalue weighted by Gasteiger charge is -2.12. The van der Waals surface area contributed by atoms with E-state index in [-0.39, 0.29) is 32.0 Å². The molecule has 3 amide bonds. The van der Waals surface area contributed by atoms with Gasteiger partial charge in [-0.05, 0) is 0 Å². The average Bonchev–Trinajstić information content (AvgIpc) is 2.53. The standard InChI is InChI=1S/C9H12N2O4/c12-6-4-10-7(13)3-5-11-8(14)1-2-9(11)15/h1-2,12H,3-6H2,(H,10,13). The molecule has 0 atom stereocenters. The van der Waals surface area contributed by atoms with Gasteiger partial charge in [-0.1, -0.05) is 0 Å². The Bertz CT molecular complexity index is 293. The fourth-order valence-corrected chi connectivity index (χ4v) is 1.15. The highest BCUT2D eigenvalue weighted by atomic mass is 16.3. The van der Waals surface area contributed by atoms with Crippen LogP contribution in [0.4, 0.5) is 0 Å². The van der Waals surface area contributed by atoms with Crippen LogP contribution in [0, 0.1) is 0 Å². The molecule has 0 saturated carbocycles. The summed E-state index contributed by atoms with van der Waals surface area (Å²) in [4.78, 5) is 34.2. The molecule has 82 valence electrons. The fraction of sp³-hybridized carbons (Fsp3) is 0.444. The van der Waals surface area contributed by atoms with Gasteiger partial charge < -0.3 is 10.4 Å². The molecule has 1 heterocycles. The Morgan fingerprint density at radius 1 is 1.33 bits per heavy atom. The van der Waals surface area contributed by atoms with Gasteiger partial charge in [-0.2, -0.15) is 0 Å². The van der Waals surface area contributed by atoms with Crippen molar-refractivity contribution >= 4 is 17.7 Å². The summed E-state index contributed by atoms with van der Waals surface area (Å²) in [5.74, 6) is -1.08. The van der Waals surface area contributed by atoms with Gasteiger partial charge in [0.1, 0.15) is 0 Å². The number of carbonyl (C=O) groups excluding carboxylic acids is 3. The van der Waals surface area contributed by atoms with Crippen LogP contribution in [0.15, 0.2) is 12.2 Å². The van der Waals surface area contributed by atoms with Crippen LogP contribution in [-0.2, 0) is 14.4 Å². The van der Waals surface area contributed by atoms with E-state index in [4.69, 9.17) is 5.11 Å². The molecule has 0 aromatic rings. The van der Waals surface area contributed by atoms with Crippen molar-refractivity contribution in [2.75, 3.05) is 19.7 Å². The topological polar surface area (TPSA) is 86.7 Å². The van der Waals surface area contributed by atoms with Gasteiger partial charge >= 0.3 is 0 Å². The van der Waals surface area contributed by atoms with Crippen molar-refractivity contribution in [2.45, 2.75) is 6.42 Å². The van der Waals surface area contributed by atoms with Crippen LogP contribution in [0.1, 0.15) is 6.42 Å². The van der Waals surface area contributed by atoms with E-state index >= 15 is 0 Å². The summed E-state index contributed by atoms with van der Waals surface area (Å²) in [6, 6.07) is 0. The number of hydrogen-bond acceptors (Lipinski definition) is 4. The van der Waals surface area contributed by atoms with E-state index in [9.17, 15) is 14.4 Å². The second-order valence-corrected chi connectivity index (χ2v) is 2.99. The number of nitrogens with zero attached hydrogens (tertiary/aromatic N) is 1. The molecule has 1 rings (SSSR count). The van der Waals surface area contributed by atoms with E-state index < -0.39 is 11.8 Å². The van der Waals surface area contributed by atoms with Gasteiger partial charge in [0.25, 0.3) is 11.8 Å². The summed E-state index contributed by atoms with van der Waals surface area (Å²) in [7, 11) is 0. The second kappa shape index (κ2) is 5.26. The minimum absolute atomic E-state index is 0.0547. The number of nitrogens with one attached hydrogen (secondary N) is 1. The molecule has 0 saturated heterocycles. The van der Waals surface area contributed by atoms with E-state index in [1.54, 1.807) is 0 Å². The minimum Gasteiger partial charge on any atom is -0.395 e. The summed E-state index contributed by atoms with van der Waals surface area (Å²) in [6.45, 7) is 0.121. The van der Waals surface area contributed by atoms with Crippen molar-refractivity contribution in [2.24, 2.45) is 0 Å². The Morgan fingerprint density at radius 3 is 2.47 bits per heavy atom. The predicted molar refractivity (Wildman–Crippen MR) is 50.6 cm³/mol. The third kappa shape index (κ3) is 3.17. The maximum atomic E-state index is 11.1. The molecule has 0 aromatic heterocycles. The first-order chi connectivity index (χ1) is 7.15. The van der Waals surface area contributed by atoms with E-state index in [0.717, 1.165) is 4.90 Å². The van der Waals surface area contributed by atoms with Crippen molar-refractivity contribution in [3.8, 4) is 0 Å². The van der Waals surface area contributed by atoms with E-state index in [2.05, 4.69) is 5.32 Å². The quantitative estimate of drug-likeness (QED) is 0.538. The predicted octanol–water partition coefficient (Wildman–Crippen LogP) is -1.59. The van der Waals surface area contributed by atoms with Crippen molar-refractivity contribution in [3.63, 3.8) is 0 Å². The molecule has 0 unspecified atom stereocenters. The molecule has 6 heteroatoms. The first-order valence-corrected chi connectivity index (χ1v) is 4.56. The van der Waals surface area contributed by atoms with Crippen LogP contribution < -0.4 is 5.32 Å². The number of imide groups is 1. The molecule has 2 N–H and O–H groups in total. The van der Waals surface area contributed by atoms with Crippen LogP contribution in [0.3, 0.4) is 0 Å². The third-order valence-corrected chi connectivity index (χ3v) is 1.90. The normalized spacial score (nSPS) is 14.9. The molecule has 0 aromatic carbocycles. The lowest BCUT2D eigenvalue weighted by molar-refractivity contribution is -0.137. The molecule has 1 aliphatic heterocycles. The number of aliphatic hydroxyl groups excluding tert-OH is 1. The Labute approximate surface area is 86.6 Å². The summed E-state index contributed by atoms with van der Waals surface area (Å²) < 4.78 is 0. The highest BCUT2D eigenvalue weighted by molar-refractivity contribution is 6.13. The van der Waals surface area contributed by atoms with Crippen molar-refractivity contribution < 1.29 is 19.5 Å². The summed E-state index contributed by atoms with van der Waals surface area (Å²) in [5.41, 5.74) is 0. The number of hydrogen-bond donors (Lipinski definition) is 2. The Morgan fingerprint density at radius 2 is 1.93 bits per heavy atom. The van der Waals surface area contributed by atoms with Crippen LogP contribution >= 0.6 is 0 Å². The van der Waals surface area contributed by atoms with Crippen LogP contribution in [-0.4, -0.2) is 47.4 Å². The van der Waals surface area contributed by atoms with Gasteiger partial charge in [0.2, 0.25) is 5.91 Å². The first-order valence-electron chi connectivity index (χ1n) is 4.56. The van der Waals surface area contributed by atoms with E-state index in [1.807, 2.05) is 0 Å². The molecule has 0 radical (unpaired) electrons. The fourth-order valence-electron chi connectivity index (χ4n) is 1.15. The number of amides is 3. The van der Waals surface area contributed by atoms with Gasteiger partial charge in [-0.3, -0.25) is 19.3 Å². The van der Waals surface area contributed by atoms with Gasteiger partial charge in [0.15, 0.2) is 0 Å². The number of carbonyl (C=O) groups is 3. The van der Waals surface area contributed by atoms with Gasteiger partial charge in [-0.25, -0.2) is 0 Å².